The molecule has 0 aliphatic heterocycles. The molecule has 1 N–H and O–H groups in total. The van der Waals surface area contributed by atoms with Gasteiger partial charge in [0.2, 0.25) is 21.8 Å². The lowest BCUT2D eigenvalue weighted by atomic mass is 10.1. The summed E-state index contributed by atoms with van der Waals surface area (Å²) in [6.45, 7) is 7.69. The van der Waals surface area contributed by atoms with Crippen LogP contribution in [0.2, 0.25) is 10.0 Å². The van der Waals surface area contributed by atoms with Crippen LogP contribution in [0.25, 0.3) is 0 Å². The maximum Gasteiger partial charge on any atom is 0.242 e. The number of amides is 2. The number of carbonyl (C=O) groups excluding carboxylic acids is 2. The molecule has 0 aliphatic rings. The predicted octanol–water partition coefficient (Wildman–Crippen LogP) is 4.79. The van der Waals surface area contributed by atoms with E-state index in [1.165, 1.54) is 17.0 Å². The lowest BCUT2D eigenvalue weighted by molar-refractivity contribution is -0.140. The fourth-order valence-corrected chi connectivity index (χ4v) is 4.94. The molecule has 0 saturated carbocycles. The molecule has 0 fully saturated rings. The fourth-order valence-electron chi connectivity index (χ4n) is 3.54. The zero-order chi connectivity index (χ0) is 26.3. The maximum absolute atomic E-state index is 13.3. The molecule has 2 rings (SSSR count). The average molecular weight is 543 g/mol. The van der Waals surface area contributed by atoms with Crippen molar-refractivity contribution >= 4 is 50.7 Å². The van der Waals surface area contributed by atoms with Crippen LogP contribution in [0.1, 0.15) is 44.7 Å². The number of benzene rings is 2. The molecule has 7 nitrogen and oxygen atoms in total. The largest absolute Gasteiger partial charge is 0.352 e. The number of rotatable bonds is 11. The Labute approximate surface area is 218 Å². The van der Waals surface area contributed by atoms with Crippen LogP contribution in [0, 0.1) is 6.92 Å². The first-order valence-electron chi connectivity index (χ1n) is 11.4. The highest BCUT2D eigenvalue weighted by Crippen LogP contribution is 2.31. The second-order valence-electron chi connectivity index (χ2n) is 8.88. The van der Waals surface area contributed by atoms with Gasteiger partial charge in [0.05, 0.1) is 17.0 Å². The molecule has 2 amide bonds. The SMILES string of the molecule is Cc1ccc(CN(C(=O)CCCN(c2cc(Cl)ccc2Cl)S(C)(=O)=O)[C@@H](C)C(=O)NC(C)C)cc1. The zero-order valence-electron chi connectivity index (χ0n) is 20.7. The van der Waals surface area contributed by atoms with Crippen LogP contribution >= 0.6 is 23.2 Å². The second kappa shape index (κ2) is 12.6. The van der Waals surface area contributed by atoms with E-state index in [1.54, 1.807) is 13.0 Å². The molecular weight excluding hydrogens is 509 g/mol. The second-order valence-corrected chi connectivity index (χ2v) is 11.6. The number of hydrogen-bond acceptors (Lipinski definition) is 4. The standard InChI is InChI=1S/C25H33Cl2N3O4S/c1-17(2)28-25(32)19(4)29(16-20-10-8-18(3)9-11-20)24(31)7-6-14-30(35(5,33)34)23-15-21(26)12-13-22(23)27/h8-13,15,17,19H,6-7,14,16H2,1-5H3,(H,28,32)/t19-/m0/s1. The van der Waals surface area contributed by atoms with E-state index >= 15 is 0 Å². The summed E-state index contributed by atoms with van der Waals surface area (Å²) < 4.78 is 26.0. The van der Waals surface area contributed by atoms with Crippen LogP contribution in [0.3, 0.4) is 0 Å². The summed E-state index contributed by atoms with van der Waals surface area (Å²) in [7, 11) is -3.67. The molecule has 35 heavy (non-hydrogen) atoms. The highest BCUT2D eigenvalue weighted by molar-refractivity contribution is 7.92. The van der Waals surface area contributed by atoms with Gasteiger partial charge in [-0.05, 0) is 57.9 Å². The lowest BCUT2D eigenvalue weighted by Crippen LogP contribution is -2.49. The van der Waals surface area contributed by atoms with Crippen molar-refractivity contribution in [3.63, 3.8) is 0 Å². The molecule has 0 bridgehead atoms. The van der Waals surface area contributed by atoms with Crippen molar-refractivity contribution in [1.82, 2.24) is 10.2 Å². The Morgan fingerprint density at radius 2 is 1.66 bits per heavy atom. The minimum atomic E-state index is -3.67. The highest BCUT2D eigenvalue weighted by atomic mass is 35.5. The molecule has 192 valence electrons. The van der Waals surface area contributed by atoms with E-state index in [-0.39, 0.29) is 54.5 Å². The van der Waals surface area contributed by atoms with Crippen LogP contribution in [-0.2, 0) is 26.2 Å². The quantitative estimate of drug-likeness (QED) is 0.443. The van der Waals surface area contributed by atoms with Gasteiger partial charge in [0.1, 0.15) is 6.04 Å². The van der Waals surface area contributed by atoms with Crippen LogP contribution in [0.5, 0.6) is 0 Å². The number of aryl methyl sites for hydroxylation is 1. The van der Waals surface area contributed by atoms with Crippen molar-refractivity contribution in [2.45, 2.75) is 59.2 Å². The van der Waals surface area contributed by atoms with Crippen molar-refractivity contribution in [2.75, 3.05) is 17.1 Å². The number of hydrogen-bond donors (Lipinski definition) is 1. The van der Waals surface area contributed by atoms with Crippen molar-refractivity contribution < 1.29 is 18.0 Å². The zero-order valence-corrected chi connectivity index (χ0v) is 23.0. The minimum absolute atomic E-state index is 0.0373. The summed E-state index contributed by atoms with van der Waals surface area (Å²) in [5, 5.41) is 3.44. The Bertz CT molecular complexity index is 1140. The van der Waals surface area contributed by atoms with Gasteiger partial charge in [-0.15, -0.1) is 0 Å². The molecule has 0 aliphatic carbocycles. The van der Waals surface area contributed by atoms with Crippen LogP contribution in [-0.4, -0.2) is 50.0 Å². The molecule has 0 radical (unpaired) electrons. The first-order valence-corrected chi connectivity index (χ1v) is 14.0. The third-order valence-corrected chi connectivity index (χ3v) is 7.14. The molecule has 0 unspecified atom stereocenters. The van der Waals surface area contributed by atoms with Gasteiger partial charge in [-0.25, -0.2) is 8.42 Å². The van der Waals surface area contributed by atoms with Crippen LogP contribution in [0.15, 0.2) is 42.5 Å². The third kappa shape index (κ3) is 8.70. The van der Waals surface area contributed by atoms with Crippen molar-refractivity contribution in [3.05, 3.63) is 63.6 Å². The number of sulfonamides is 1. The number of nitrogens with one attached hydrogen (secondary N) is 1. The van der Waals surface area contributed by atoms with Crippen LogP contribution < -0.4 is 9.62 Å². The molecule has 0 saturated heterocycles. The fraction of sp³-hybridized carbons (Fsp3) is 0.440. The molecule has 1 atom stereocenters. The molecular formula is C25H33Cl2N3O4S. The van der Waals surface area contributed by atoms with Gasteiger partial charge in [0.25, 0.3) is 0 Å². The van der Waals surface area contributed by atoms with Gasteiger partial charge >= 0.3 is 0 Å². The summed E-state index contributed by atoms with van der Waals surface area (Å²) in [5.74, 6) is -0.494. The Morgan fingerprint density at radius 3 is 2.23 bits per heavy atom. The molecule has 0 heterocycles. The van der Waals surface area contributed by atoms with Gasteiger partial charge in [0, 0.05) is 30.6 Å². The third-order valence-electron chi connectivity index (χ3n) is 5.40. The summed E-state index contributed by atoms with van der Waals surface area (Å²) in [5.41, 5.74) is 2.25. The highest BCUT2D eigenvalue weighted by Gasteiger charge is 2.27. The molecule has 0 aromatic heterocycles. The van der Waals surface area contributed by atoms with E-state index in [1.807, 2.05) is 45.0 Å². The molecule has 2 aromatic carbocycles. The summed E-state index contributed by atoms with van der Waals surface area (Å²) in [4.78, 5) is 27.5. The number of nitrogens with zero attached hydrogens (tertiary/aromatic N) is 2. The minimum Gasteiger partial charge on any atom is -0.352 e. The van der Waals surface area contributed by atoms with E-state index in [2.05, 4.69) is 5.32 Å². The van der Waals surface area contributed by atoms with E-state index in [4.69, 9.17) is 23.2 Å². The normalized spacial score (nSPS) is 12.3. The first-order chi connectivity index (χ1) is 16.3. The molecule has 2 aromatic rings. The van der Waals surface area contributed by atoms with Gasteiger partial charge in [-0.3, -0.25) is 13.9 Å². The Kier molecular flexibility index (Phi) is 10.4. The summed E-state index contributed by atoms with van der Waals surface area (Å²) in [6, 6.07) is 11.6. The van der Waals surface area contributed by atoms with E-state index in [9.17, 15) is 18.0 Å². The van der Waals surface area contributed by atoms with Gasteiger partial charge < -0.3 is 10.2 Å². The summed E-state index contributed by atoms with van der Waals surface area (Å²) >= 11 is 12.3. The van der Waals surface area contributed by atoms with Crippen molar-refractivity contribution in [2.24, 2.45) is 0 Å². The number of carbonyl (C=O) groups is 2. The van der Waals surface area contributed by atoms with Crippen LogP contribution in [0.4, 0.5) is 5.69 Å². The monoisotopic (exact) mass is 541 g/mol. The van der Waals surface area contributed by atoms with Gasteiger partial charge in [-0.1, -0.05) is 53.0 Å². The van der Waals surface area contributed by atoms with E-state index in [0.29, 0.717) is 5.02 Å². The Hall–Kier alpha value is -2.29. The van der Waals surface area contributed by atoms with Crippen molar-refractivity contribution in [3.8, 4) is 0 Å². The van der Waals surface area contributed by atoms with Gasteiger partial charge in [-0.2, -0.15) is 0 Å². The van der Waals surface area contributed by atoms with E-state index in [0.717, 1.165) is 21.7 Å². The van der Waals surface area contributed by atoms with Crippen molar-refractivity contribution in [1.29, 1.82) is 0 Å². The average Bonchev–Trinajstić information content (AvgIpc) is 2.76. The smallest absolute Gasteiger partial charge is 0.242 e. The molecule has 10 heteroatoms. The Balaban J connectivity index is 2.20. The topological polar surface area (TPSA) is 86.8 Å². The maximum atomic E-state index is 13.3. The molecule has 0 spiro atoms. The van der Waals surface area contributed by atoms with Gasteiger partial charge in [0.15, 0.2) is 0 Å². The Morgan fingerprint density at radius 1 is 1.03 bits per heavy atom. The number of anilines is 1. The summed E-state index contributed by atoms with van der Waals surface area (Å²) in [6.07, 6.45) is 1.36. The first kappa shape index (κ1) is 28.9. The lowest BCUT2D eigenvalue weighted by Gasteiger charge is -2.30. The van der Waals surface area contributed by atoms with E-state index < -0.39 is 16.1 Å². The predicted molar refractivity (Wildman–Crippen MR) is 142 cm³/mol. The number of halogens is 2.